The van der Waals surface area contributed by atoms with Gasteiger partial charge in [0.05, 0.1) is 5.75 Å². The zero-order chi connectivity index (χ0) is 11.5. The molecule has 0 aromatic carbocycles. The van der Waals surface area contributed by atoms with E-state index in [1.54, 1.807) is 0 Å². The summed E-state index contributed by atoms with van der Waals surface area (Å²) in [4.78, 5) is 0. The molecule has 0 aromatic heterocycles. The molecule has 0 aliphatic carbocycles. The van der Waals surface area contributed by atoms with Gasteiger partial charge in [0.15, 0.2) is 9.84 Å². The van der Waals surface area contributed by atoms with Crippen molar-refractivity contribution in [1.82, 2.24) is 5.32 Å². The number of hydrogen-bond donors (Lipinski definition) is 1. The highest BCUT2D eigenvalue weighted by Gasteiger charge is 2.26. The van der Waals surface area contributed by atoms with E-state index in [0.717, 1.165) is 5.41 Å². The van der Waals surface area contributed by atoms with Crippen LogP contribution in [0.2, 0.25) is 0 Å². The first-order valence-corrected chi connectivity index (χ1v) is 6.21. The summed E-state index contributed by atoms with van der Waals surface area (Å²) < 4.78 is 57.1. The SMILES string of the molecule is O=S1(=O)C=CC(NCCCC(F)(F)F)C1. The Kier molecular flexibility index (Phi) is 3.77. The van der Waals surface area contributed by atoms with E-state index in [0.29, 0.717) is 0 Å². The molecule has 88 valence electrons. The van der Waals surface area contributed by atoms with Crippen molar-refractivity contribution < 1.29 is 21.6 Å². The predicted molar refractivity (Wildman–Crippen MR) is 50.0 cm³/mol. The van der Waals surface area contributed by atoms with Crippen molar-refractivity contribution in [1.29, 1.82) is 0 Å². The largest absolute Gasteiger partial charge is 0.389 e. The quantitative estimate of drug-likeness (QED) is 0.755. The lowest BCUT2D eigenvalue weighted by atomic mass is 10.2. The van der Waals surface area contributed by atoms with Crippen LogP contribution in [-0.2, 0) is 9.84 Å². The van der Waals surface area contributed by atoms with Gasteiger partial charge in [-0.2, -0.15) is 13.2 Å². The van der Waals surface area contributed by atoms with Crippen LogP contribution in [0.15, 0.2) is 11.5 Å². The van der Waals surface area contributed by atoms with Gasteiger partial charge >= 0.3 is 6.18 Å². The van der Waals surface area contributed by atoms with Crippen molar-refractivity contribution in [3.8, 4) is 0 Å². The Balaban J connectivity index is 2.16. The molecule has 1 N–H and O–H groups in total. The summed E-state index contributed by atoms with van der Waals surface area (Å²) in [7, 11) is -3.13. The molecule has 0 fully saturated rings. The fourth-order valence-corrected chi connectivity index (χ4v) is 2.55. The number of halogens is 3. The maximum Gasteiger partial charge on any atom is 0.389 e. The summed E-state index contributed by atoms with van der Waals surface area (Å²) in [5, 5.41) is 3.84. The predicted octanol–water partition coefficient (Wildman–Crippen LogP) is 1.23. The van der Waals surface area contributed by atoms with Gasteiger partial charge in [-0.25, -0.2) is 8.42 Å². The van der Waals surface area contributed by atoms with E-state index in [9.17, 15) is 21.6 Å². The molecule has 1 heterocycles. The molecular formula is C8H12F3NO2S. The third-order valence-corrected chi connectivity index (χ3v) is 3.37. The van der Waals surface area contributed by atoms with Crippen LogP contribution in [0.25, 0.3) is 0 Å². The highest BCUT2D eigenvalue weighted by molar-refractivity contribution is 7.94. The zero-order valence-corrected chi connectivity index (χ0v) is 8.74. The second-order valence-electron chi connectivity index (χ2n) is 3.44. The van der Waals surface area contributed by atoms with E-state index in [1.807, 2.05) is 0 Å². The standard InChI is InChI=1S/C8H12F3NO2S/c9-8(10,11)3-1-4-12-7-2-5-15(13,14)6-7/h2,5,7,12H,1,3-4,6H2. The maximum atomic E-state index is 11.7. The average molecular weight is 243 g/mol. The third kappa shape index (κ3) is 5.17. The van der Waals surface area contributed by atoms with Gasteiger partial charge in [-0.05, 0) is 13.0 Å². The molecular weight excluding hydrogens is 231 g/mol. The normalized spacial score (nSPS) is 24.6. The second-order valence-corrected chi connectivity index (χ2v) is 5.37. The molecule has 0 bridgehead atoms. The van der Waals surface area contributed by atoms with Crippen molar-refractivity contribution in [2.75, 3.05) is 12.3 Å². The average Bonchev–Trinajstić information content (AvgIpc) is 2.38. The molecule has 0 radical (unpaired) electrons. The van der Waals surface area contributed by atoms with Gasteiger partial charge in [0.25, 0.3) is 0 Å². The molecule has 0 saturated heterocycles. The molecule has 0 amide bonds. The van der Waals surface area contributed by atoms with Gasteiger partial charge in [-0.3, -0.25) is 0 Å². The van der Waals surface area contributed by atoms with Crippen LogP contribution in [-0.4, -0.2) is 32.9 Å². The first-order chi connectivity index (χ1) is 6.79. The topological polar surface area (TPSA) is 46.2 Å². The first-order valence-electron chi connectivity index (χ1n) is 4.50. The molecule has 1 atom stereocenters. The Hall–Kier alpha value is -0.560. The zero-order valence-electron chi connectivity index (χ0n) is 7.92. The Morgan fingerprint density at radius 2 is 2.07 bits per heavy atom. The Labute approximate surface area is 86.3 Å². The Morgan fingerprint density at radius 1 is 1.40 bits per heavy atom. The van der Waals surface area contributed by atoms with Crippen molar-refractivity contribution >= 4 is 9.84 Å². The molecule has 1 unspecified atom stereocenters. The molecule has 3 nitrogen and oxygen atoms in total. The molecule has 15 heavy (non-hydrogen) atoms. The lowest BCUT2D eigenvalue weighted by Gasteiger charge is -2.10. The van der Waals surface area contributed by atoms with Crippen LogP contribution in [0.5, 0.6) is 0 Å². The van der Waals surface area contributed by atoms with E-state index < -0.39 is 22.4 Å². The number of nitrogens with one attached hydrogen (secondary N) is 1. The molecule has 1 aliphatic rings. The van der Waals surface area contributed by atoms with Crippen LogP contribution in [0.1, 0.15) is 12.8 Å². The summed E-state index contributed by atoms with van der Waals surface area (Å²) in [6, 6.07) is -0.344. The van der Waals surface area contributed by atoms with Gasteiger partial charge in [0, 0.05) is 17.9 Å². The Bertz CT molecular complexity index is 334. The van der Waals surface area contributed by atoms with Crippen LogP contribution in [0, 0.1) is 0 Å². The van der Waals surface area contributed by atoms with Crippen LogP contribution < -0.4 is 5.32 Å². The summed E-state index contributed by atoms with van der Waals surface area (Å²) in [5.74, 6) is -0.0565. The molecule has 0 aromatic rings. The van der Waals surface area contributed by atoms with E-state index in [1.165, 1.54) is 6.08 Å². The first kappa shape index (κ1) is 12.5. The van der Waals surface area contributed by atoms with E-state index in [-0.39, 0.29) is 24.8 Å². The van der Waals surface area contributed by atoms with Crippen LogP contribution in [0.4, 0.5) is 13.2 Å². The second kappa shape index (κ2) is 4.52. The molecule has 1 rings (SSSR count). The summed E-state index contributed by atoms with van der Waals surface area (Å²) in [6.45, 7) is 0.171. The monoisotopic (exact) mass is 243 g/mol. The highest BCUT2D eigenvalue weighted by atomic mass is 32.2. The molecule has 0 saturated carbocycles. The fraction of sp³-hybridized carbons (Fsp3) is 0.750. The minimum Gasteiger partial charge on any atom is -0.310 e. The minimum absolute atomic E-state index is 0.0338. The molecule has 1 aliphatic heterocycles. The minimum atomic E-state index is -4.14. The Morgan fingerprint density at radius 3 is 2.53 bits per heavy atom. The van der Waals surface area contributed by atoms with Crippen molar-refractivity contribution in [3.05, 3.63) is 11.5 Å². The fourth-order valence-electron chi connectivity index (χ4n) is 1.28. The van der Waals surface area contributed by atoms with Crippen molar-refractivity contribution in [2.24, 2.45) is 0 Å². The van der Waals surface area contributed by atoms with Crippen molar-refractivity contribution in [3.63, 3.8) is 0 Å². The van der Waals surface area contributed by atoms with E-state index >= 15 is 0 Å². The number of alkyl halides is 3. The number of sulfone groups is 1. The van der Waals surface area contributed by atoms with Crippen LogP contribution in [0.3, 0.4) is 0 Å². The molecule has 7 heteroatoms. The highest BCUT2D eigenvalue weighted by Crippen LogP contribution is 2.20. The van der Waals surface area contributed by atoms with Gasteiger partial charge < -0.3 is 5.32 Å². The number of rotatable bonds is 4. The van der Waals surface area contributed by atoms with E-state index in [4.69, 9.17) is 0 Å². The van der Waals surface area contributed by atoms with Gasteiger partial charge in [0.2, 0.25) is 0 Å². The number of hydrogen-bond acceptors (Lipinski definition) is 3. The lowest BCUT2D eigenvalue weighted by Crippen LogP contribution is -2.31. The summed E-state index contributed by atoms with van der Waals surface area (Å²) >= 11 is 0. The van der Waals surface area contributed by atoms with Gasteiger partial charge in [0.1, 0.15) is 0 Å². The van der Waals surface area contributed by atoms with E-state index in [2.05, 4.69) is 5.32 Å². The van der Waals surface area contributed by atoms with Gasteiger partial charge in [-0.15, -0.1) is 0 Å². The smallest absolute Gasteiger partial charge is 0.310 e. The maximum absolute atomic E-state index is 11.7. The summed E-state index contributed by atoms with van der Waals surface area (Å²) in [6.07, 6.45) is -3.56. The third-order valence-electron chi connectivity index (χ3n) is 1.97. The van der Waals surface area contributed by atoms with Gasteiger partial charge in [-0.1, -0.05) is 6.08 Å². The van der Waals surface area contributed by atoms with Crippen LogP contribution >= 0.6 is 0 Å². The lowest BCUT2D eigenvalue weighted by molar-refractivity contribution is -0.135. The van der Waals surface area contributed by atoms with Crippen molar-refractivity contribution in [2.45, 2.75) is 25.1 Å². The molecule has 0 spiro atoms. The summed E-state index contributed by atoms with van der Waals surface area (Å²) in [5.41, 5.74) is 0.